The molecule has 0 spiro atoms. The van der Waals surface area contributed by atoms with Crippen molar-refractivity contribution in [1.29, 1.82) is 0 Å². The first-order chi connectivity index (χ1) is 16.0. The van der Waals surface area contributed by atoms with Crippen LogP contribution in [0.1, 0.15) is 85.7 Å². The molecule has 184 valence electrons. The first-order valence-corrected chi connectivity index (χ1v) is 12.8. The minimum Gasteiger partial charge on any atom is -0.388 e. The number of hydrogen-bond acceptors (Lipinski definition) is 7. The Hall–Kier alpha value is -2.52. The molecule has 2 amide bonds. The average molecular weight is 486 g/mol. The van der Waals surface area contributed by atoms with Crippen LogP contribution in [-0.4, -0.2) is 62.1 Å². The number of pyridine rings is 1. The quantitative estimate of drug-likeness (QED) is 0.571. The minimum atomic E-state index is -0.824. The highest BCUT2D eigenvalue weighted by atomic mass is 32.1. The Morgan fingerprint density at radius 1 is 1.29 bits per heavy atom. The van der Waals surface area contributed by atoms with Gasteiger partial charge in [0, 0.05) is 36.4 Å². The molecule has 1 atom stereocenters. The number of aryl methyl sites for hydroxylation is 1. The Balaban J connectivity index is 1.67. The molecule has 4 rings (SSSR count). The molecule has 3 N–H and O–H groups in total. The molecule has 0 unspecified atom stereocenters. The highest BCUT2D eigenvalue weighted by molar-refractivity contribution is 7.17. The van der Waals surface area contributed by atoms with Gasteiger partial charge in [-0.25, -0.2) is 9.97 Å². The molecular weight excluding hydrogens is 450 g/mol. The van der Waals surface area contributed by atoms with Gasteiger partial charge < -0.3 is 20.6 Å². The van der Waals surface area contributed by atoms with Crippen LogP contribution in [-0.2, 0) is 0 Å². The van der Waals surface area contributed by atoms with E-state index in [0.717, 1.165) is 36.2 Å². The van der Waals surface area contributed by atoms with Crippen molar-refractivity contribution in [2.45, 2.75) is 83.9 Å². The number of carbonyl (C=O) groups is 2. The Bertz CT molecular complexity index is 1090. The molecule has 2 aliphatic rings. The summed E-state index contributed by atoms with van der Waals surface area (Å²) < 4.78 is 0. The van der Waals surface area contributed by atoms with Crippen LogP contribution in [0.15, 0.2) is 12.3 Å². The summed E-state index contributed by atoms with van der Waals surface area (Å²) >= 11 is 1.21. The average Bonchev–Trinajstić information content (AvgIpc) is 3.36. The summed E-state index contributed by atoms with van der Waals surface area (Å²) in [6.45, 7) is 11.1. The molecule has 1 saturated carbocycles. The van der Waals surface area contributed by atoms with Gasteiger partial charge in [-0.15, -0.1) is 11.3 Å². The van der Waals surface area contributed by atoms with Gasteiger partial charge in [0.15, 0.2) is 5.01 Å². The monoisotopic (exact) mass is 485 g/mol. The van der Waals surface area contributed by atoms with E-state index < -0.39 is 5.60 Å². The molecular formula is C25H35N5O3S. The number of thiazole rings is 1. The number of nitrogens with zero attached hydrogens (tertiary/aromatic N) is 3. The lowest BCUT2D eigenvalue weighted by Gasteiger charge is -2.36. The minimum absolute atomic E-state index is 0.131. The van der Waals surface area contributed by atoms with Crippen LogP contribution in [0.25, 0.3) is 10.4 Å². The third kappa shape index (κ3) is 5.25. The zero-order valence-corrected chi connectivity index (χ0v) is 21.5. The lowest BCUT2D eigenvalue weighted by molar-refractivity contribution is -0.0300. The van der Waals surface area contributed by atoms with Crippen molar-refractivity contribution in [3.05, 3.63) is 28.5 Å². The number of likely N-dealkylation sites (tertiary alicyclic amines) is 1. The fraction of sp³-hybridized carbons (Fsp3) is 0.600. The van der Waals surface area contributed by atoms with E-state index in [1.807, 2.05) is 24.8 Å². The number of aromatic nitrogens is 2. The van der Waals surface area contributed by atoms with Crippen molar-refractivity contribution >= 4 is 29.0 Å². The lowest BCUT2D eigenvalue weighted by atomic mass is 9.80. The molecule has 0 bridgehead atoms. The van der Waals surface area contributed by atoms with Crippen LogP contribution in [0.3, 0.4) is 0 Å². The Kier molecular flexibility index (Phi) is 6.70. The summed E-state index contributed by atoms with van der Waals surface area (Å²) in [7, 11) is 0. The van der Waals surface area contributed by atoms with Gasteiger partial charge >= 0.3 is 0 Å². The highest BCUT2D eigenvalue weighted by Crippen LogP contribution is 2.36. The first kappa shape index (κ1) is 24.6. The predicted octanol–water partition coefficient (Wildman–Crippen LogP) is 3.99. The molecule has 0 aromatic carbocycles. The molecule has 8 nitrogen and oxygen atoms in total. The molecule has 9 heteroatoms. The van der Waals surface area contributed by atoms with Gasteiger partial charge in [0.25, 0.3) is 11.8 Å². The second kappa shape index (κ2) is 9.26. The molecule has 2 fully saturated rings. The van der Waals surface area contributed by atoms with Gasteiger partial charge in [0.1, 0.15) is 11.5 Å². The maximum Gasteiger partial charge on any atom is 0.280 e. The fourth-order valence-corrected chi connectivity index (χ4v) is 5.49. The summed E-state index contributed by atoms with van der Waals surface area (Å²) in [6.07, 6.45) is 6.02. The maximum absolute atomic E-state index is 13.5. The normalized spacial score (nSPS) is 19.6. The topological polar surface area (TPSA) is 107 Å². The third-order valence-electron chi connectivity index (χ3n) is 6.56. The number of anilines is 1. The van der Waals surface area contributed by atoms with Gasteiger partial charge in [-0.2, -0.15) is 0 Å². The zero-order chi connectivity index (χ0) is 24.7. The molecule has 2 aromatic heterocycles. The van der Waals surface area contributed by atoms with Crippen molar-refractivity contribution < 1.29 is 14.7 Å². The molecule has 1 aliphatic heterocycles. The second-order valence-electron chi connectivity index (χ2n) is 10.7. The van der Waals surface area contributed by atoms with Crippen LogP contribution in [0.4, 0.5) is 5.82 Å². The molecule has 1 saturated heterocycles. The molecule has 2 aromatic rings. The predicted molar refractivity (Wildman–Crippen MR) is 134 cm³/mol. The standard InChI is InChI=1S/C25H35N5O3S/c1-15-12-18(29-24(3,4)5)26-13-17(15)20-19(23(32)30-11-6-8-16(30)2)28-22(34-20)21(31)27-14-25(33)9-7-10-25/h12-13,16,33H,6-11,14H2,1-5H3,(H,26,29)(H,27,31)/t16-/m0/s1. The summed E-state index contributed by atoms with van der Waals surface area (Å²) in [5.74, 6) is 0.243. The maximum atomic E-state index is 13.5. The van der Waals surface area contributed by atoms with Crippen LogP contribution >= 0.6 is 11.3 Å². The highest BCUT2D eigenvalue weighted by Gasteiger charge is 2.36. The zero-order valence-electron chi connectivity index (χ0n) is 20.7. The van der Waals surface area contributed by atoms with Gasteiger partial charge in [-0.3, -0.25) is 9.59 Å². The van der Waals surface area contributed by atoms with E-state index in [1.54, 1.807) is 6.20 Å². The number of nitrogens with one attached hydrogen (secondary N) is 2. The van der Waals surface area contributed by atoms with E-state index in [1.165, 1.54) is 11.3 Å². The number of carbonyl (C=O) groups excluding carboxylic acids is 2. The molecule has 34 heavy (non-hydrogen) atoms. The first-order valence-electron chi connectivity index (χ1n) is 12.0. The van der Waals surface area contributed by atoms with E-state index in [2.05, 4.69) is 41.4 Å². The fourth-order valence-electron chi connectivity index (χ4n) is 4.44. The van der Waals surface area contributed by atoms with Gasteiger partial charge in [-0.05, 0) is 78.4 Å². The smallest absolute Gasteiger partial charge is 0.280 e. The largest absolute Gasteiger partial charge is 0.388 e. The number of amides is 2. The van der Waals surface area contributed by atoms with Crippen molar-refractivity contribution in [3.8, 4) is 10.4 Å². The van der Waals surface area contributed by atoms with E-state index in [9.17, 15) is 14.7 Å². The number of aliphatic hydroxyl groups is 1. The van der Waals surface area contributed by atoms with E-state index in [4.69, 9.17) is 0 Å². The summed E-state index contributed by atoms with van der Waals surface area (Å²) in [5.41, 5.74) is 1.09. The van der Waals surface area contributed by atoms with E-state index >= 15 is 0 Å². The van der Waals surface area contributed by atoms with Crippen molar-refractivity contribution in [3.63, 3.8) is 0 Å². The Morgan fingerprint density at radius 2 is 2.03 bits per heavy atom. The molecule has 0 radical (unpaired) electrons. The summed E-state index contributed by atoms with van der Waals surface area (Å²) in [6, 6.07) is 2.10. The third-order valence-corrected chi connectivity index (χ3v) is 7.65. The van der Waals surface area contributed by atoms with E-state index in [0.29, 0.717) is 30.0 Å². The summed E-state index contributed by atoms with van der Waals surface area (Å²) in [5, 5.41) is 16.7. The number of hydrogen-bond donors (Lipinski definition) is 3. The molecule has 3 heterocycles. The van der Waals surface area contributed by atoms with Crippen LogP contribution < -0.4 is 10.6 Å². The van der Waals surface area contributed by atoms with Gasteiger partial charge in [0.05, 0.1) is 10.5 Å². The van der Waals surface area contributed by atoms with Crippen molar-refractivity contribution in [1.82, 2.24) is 20.2 Å². The van der Waals surface area contributed by atoms with Gasteiger partial charge in [0.2, 0.25) is 0 Å². The Morgan fingerprint density at radius 3 is 2.59 bits per heavy atom. The van der Waals surface area contributed by atoms with Crippen LogP contribution in [0.5, 0.6) is 0 Å². The van der Waals surface area contributed by atoms with E-state index in [-0.39, 0.29) is 34.9 Å². The van der Waals surface area contributed by atoms with Crippen molar-refractivity contribution in [2.75, 3.05) is 18.4 Å². The van der Waals surface area contributed by atoms with Crippen LogP contribution in [0, 0.1) is 6.92 Å². The SMILES string of the molecule is Cc1cc(NC(C)(C)C)ncc1-c1sc(C(=O)NCC2(O)CCC2)nc1C(=O)N1CCC[C@@H]1C. The van der Waals surface area contributed by atoms with Gasteiger partial charge in [-0.1, -0.05) is 0 Å². The number of rotatable bonds is 6. The second-order valence-corrected chi connectivity index (χ2v) is 11.7. The Labute approximate surface area is 205 Å². The van der Waals surface area contributed by atoms with Crippen molar-refractivity contribution in [2.24, 2.45) is 0 Å². The summed E-state index contributed by atoms with van der Waals surface area (Å²) in [4.78, 5) is 38.0. The van der Waals surface area contributed by atoms with Crippen LogP contribution in [0.2, 0.25) is 0 Å². The lowest BCUT2D eigenvalue weighted by Crippen LogP contribution is -2.47. The molecule has 1 aliphatic carbocycles.